The van der Waals surface area contributed by atoms with Gasteiger partial charge in [0.15, 0.2) is 0 Å². The summed E-state index contributed by atoms with van der Waals surface area (Å²) in [6.45, 7) is 5.17. The van der Waals surface area contributed by atoms with Gasteiger partial charge < -0.3 is 20.4 Å². The summed E-state index contributed by atoms with van der Waals surface area (Å²) in [5.41, 5.74) is 7.68. The van der Waals surface area contributed by atoms with Crippen LogP contribution in [0.4, 0.5) is 5.69 Å². The number of amidine groups is 1. The molecule has 0 atom stereocenters. The van der Waals surface area contributed by atoms with Crippen LogP contribution in [0.2, 0.25) is 0 Å². The lowest BCUT2D eigenvalue weighted by Gasteiger charge is -2.26. The van der Waals surface area contributed by atoms with Gasteiger partial charge in [0, 0.05) is 23.4 Å². The van der Waals surface area contributed by atoms with Gasteiger partial charge >= 0.3 is 0 Å². The van der Waals surface area contributed by atoms with Gasteiger partial charge in [-0.1, -0.05) is 6.92 Å². The topological polar surface area (TPSA) is 96.8 Å². The van der Waals surface area contributed by atoms with Crippen molar-refractivity contribution in [3.63, 3.8) is 0 Å². The minimum atomic E-state index is -0.0378. The number of fused-ring (bicyclic) bond motifs is 1. The standard InChI is InChI=1S/C20H25N5O2S/c1-2-4-25(12-19-23-3-5-27-19)20(26)14-7-17-16(24-18(21)8-14)9-15(28-17)6-13-10-22-11-13/h3,5,7,9,13,22H,2,4,6,8,10-12H2,1H3,(H2,21,24). The van der Waals surface area contributed by atoms with Gasteiger partial charge in [-0.05, 0) is 44.0 Å². The Hall–Kier alpha value is -2.45. The number of thiophene rings is 1. The molecule has 0 saturated carbocycles. The summed E-state index contributed by atoms with van der Waals surface area (Å²) in [7, 11) is 0. The van der Waals surface area contributed by atoms with Crippen molar-refractivity contribution < 1.29 is 9.21 Å². The Kier molecular flexibility index (Phi) is 5.59. The highest BCUT2D eigenvalue weighted by atomic mass is 32.1. The Balaban J connectivity index is 1.57. The third kappa shape index (κ3) is 4.18. The molecule has 2 aliphatic heterocycles. The molecule has 2 aromatic rings. The van der Waals surface area contributed by atoms with E-state index < -0.39 is 0 Å². The summed E-state index contributed by atoms with van der Waals surface area (Å²) in [5, 5.41) is 3.31. The quantitative estimate of drug-likeness (QED) is 0.746. The molecule has 0 spiro atoms. The van der Waals surface area contributed by atoms with E-state index in [4.69, 9.17) is 10.2 Å². The van der Waals surface area contributed by atoms with Gasteiger partial charge in [0.2, 0.25) is 5.89 Å². The minimum Gasteiger partial charge on any atom is -0.447 e. The van der Waals surface area contributed by atoms with E-state index in [1.54, 1.807) is 22.4 Å². The van der Waals surface area contributed by atoms with Gasteiger partial charge in [0.05, 0.1) is 23.3 Å². The van der Waals surface area contributed by atoms with E-state index in [1.807, 2.05) is 13.0 Å². The van der Waals surface area contributed by atoms with Gasteiger partial charge in [-0.25, -0.2) is 9.98 Å². The first-order chi connectivity index (χ1) is 13.6. The number of hydrogen-bond donors (Lipinski definition) is 2. The Bertz CT molecular complexity index is 896. The van der Waals surface area contributed by atoms with Crippen molar-refractivity contribution in [1.29, 1.82) is 0 Å². The number of hydrogen-bond acceptors (Lipinski definition) is 7. The van der Waals surface area contributed by atoms with Crippen molar-refractivity contribution in [3.8, 4) is 0 Å². The summed E-state index contributed by atoms with van der Waals surface area (Å²) in [6.07, 6.45) is 7.34. The molecule has 0 unspecified atom stereocenters. The maximum absolute atomic E-state index is 13.2. The second-order valence-corrected chi connectivity index (χ2v) is 8.46. The molecule has 148 valence electrons. The number of nitrogens with two attached hydrogens (primary N) is 1. The molecule has 8 heteroatoms. The second-order valence-electron chi connectivity index (χ2n) is 7.29. The molecule has 28 heavy (non-hydrogen) atoms. The van der Waals surface area contributed by atoms with E-state index in [-0.39, 0.29) is 5.91 Å². The zero-order valence-electron chi connectivity index (χ0n) is 16.0. The molecule has 4 heterocycles. The molecule has 4 rings (SSSR count). The first-order valence-electron chi connectivity index (χ1n) is 9.67. The van der Waals surface area contributed by atoms with Gasteiger partial charge in [-0.15, -0.1) is 11.3 Å². The van der Waals surface area contributed by atoms with Crippen molar-refractivity contribution in [2.24, 2.45) is 16.6 Å². The fourth-order valence-corrected chi connectivity index (χ4v) is 4.65. The van der Waals surface area contributed by atoms with Gasteiger partial charge in [-0.2, -0.15) is 0 Å². The number of nitrogens with one attached hydrogen (secondary N) is 1. The van der Waals surface area contributed by atoms with Gasteiger partial charge in [-0.3, -0.25) is 4.79 Å². The highest BCUT2D eigenvalue weighted by Gasteiger charge is 2.24. The van der Waals surface area contributed by atoms with Crippen LogP contribution in [0, 0.1) is 5.92 Å². The third-order valence-corrected chi connectivity index (χ3v) is 6.05. The van der Waals surface area contributed by atoms with E-state index in [0.717, 1.165) is 36.5 Å². The molecule has 0 aromatic carbocycles. The molecule has 0 aliphatic carbocycles. The van der Waals surface area contributed by atoms with Crippen LogP contribution < -0.4 is 11.1 Å². The average Bonchev–Trinajstić information content (AvgIpc) is 3.24. The largest absolute Gasteiger partial charge is 0.447 e. The Morgan fingerprint density at radius 3 is 3.00 bits per heavy atom. The van der Waals surface area contributed by atoms with E-state index in [0.29, 0.717) is 42.7 Å². The first-order valence-corrected chi connectivity index (χ1v) is 10.5. The summed E-state index contributed by atoms with van der Waals surface area (Å²) in [6, 6.07) is 2.12. The van der Waals surface area contributed by atoms with Crippen LogP contribution in [0.3, 0.4) is 0 Å². The Labute approximate surface area is 168 Å². The second kappa shape index (κ2) is 8.28. The van der Waals surface area contributed by atoms with Crippen molar-refractivity contribution in [2.45, 2.75) is 32.7 Å². The maximum Gasteiger partial charge on any atom is 0.250 e. The monoisotopic (exact) mass is 399 g/mol. The van der Waals surface area contributed by atoms with E-state index in [9.17, 15) is 4.79 Å². The summed E-state index contributed by atoms with van der Waals surface area (Å²) < 4.78 is 5.33. The number of nitrogens with zero attached hydrogens (tertiary/aromatic N) is 3. The normalized spacial score (nSPS) is 16.6. The summed E-state index contributed by atoms with van der Waals surface area (Å²) in [5.74, 6) is 1.66. The van der Waals surface area contributed by atoms with Crippen LogP contribution in [0.25, 0.3) is 6.08 Å². The molecule has 0 radical (unpaired) electrons. The van der Waals surface area contributed by atoms with Crippen molar-refractivity contribution in [1.82, 2.24) is 15.2 Å². The summed E-state index contributed by atoms with van der Waals surface area (Å²) >= 11 is 1.71. The number of amides is 1. The van der Waals surface area contributed by atoms with Crippen molar-refractivity contribution in [3.05, 3.63) is 39.7 Å². The van der Waals surface area contributed by atoms with Crippen LogP contribution in [0.15, 0.2) is 33.5 Å². The van der Waals surface area contributed by atoms with Crippen molar-refractivity contribution >= 4 is 34.8 Å². The number of rotatable bonds is 7. The van der Waals surface area contributed by atoms with E-state index in [1.165, 1.54) is 11.1 Å². The molecular weight excluding hydrogens is 374 g/mol. The van der Waals surface area contributed by atoms with Crippen LogP contribution in [-0.2, 0) is 17.8 Å². The molecule has 2 aromatic heterocycles. The summed E-state index contributed by atoms with van der Waals surface area (Å²) in [4.78, 5) is 26.0. The lowest BCUT2D eigenvalue weighted by Crippen LogP contribution is -2.42. The van der Waals surface area contributed by atoms with Crippen LogP contribution in [-0.4, -0.2) is 41.3 Å². The zero-order valence-corrected chi connectivity index (χ0v) is 16.8. The lowest BCUT2D eigenvalue weighted by atomic mass is 9.98. The fraction of sp³-hybridized carbons (Fsp3) is 0.450. The molecule has 1 fully saturated rings. The predicted molar refractivity (Wildman–Crippen MR) is 110 cm³/mol. The molecule has 1 amide bonds. The molecule has 0 bridgehead atoms. The number of aromatic nitrogens is 1. The highest BCUT2D eigenvalue weighted by molar-refractivity contribution is 7.13. The minimum absolute atomic E-state index is 0.0378. The van der Waals surface area contributed by atoms with Crippen LogP contribution in [0.1, 0.15) is 35.4 Å². The third-order valence-electron chi connectivity index (χ3n) is 4.95. The van der Waals surface area contributed by atoms with Crippen molar-refractivity contribution in [2.75, 3.05) is 19.6 Å². The Morgan fingerprint density at radius 2 is 2.32 bits per heavy atom. The molecule has 2 aliphatic rings. The highest BCUT2D eigenvalue weighted by Crippen LogP contribution is 2.36. The van der Waals surface area contributed by atoms with E-state index in [2.05, 4.69) is 21.4 Å². The predicted octanol–water partition coefficient (Wildman–Crippen LogP) is 2.71. The number of carbonyl (C=O) groups is 1. The first kappa shape index (κ1) is 18.9. The average molecular weight is 400 g/mol. The molecule has 7 nitrogen and oxygen atoms in total. The lowest BCUT2D eigenvalue weighted by molar-refractivity contribution is -0.128. The number of carbonyl (C=O) groups excluding carboxylic acids is 1. The molecule has 3 N–H and O–H groups in total. The van der Waals surface area contributed by atoms with Crippen LogP contribution in [0.5, 0.6) is 0 Å². The molecular formula is C20H25N5O2S. The van der Waals surface area contributed by atoms with E-state index >= 15 is 0 Å². The van der Waals surface area contributed by atoms with Gasteiger partial charge in [0.25, 0.3) is 5.91 Å². The number of oxazole rings is 1. The zero-order chi connectivity index (χ0) is 19.5. The maximum atomic E-state index is 13.2. The van der Waals surface area contributed by atoms with Gasteiger partial charge in [0.1, 0.15) is 12.1 Å². The smallest absolute Gasteiger partial charge is 0.250 e. The fourth-order valence-electron chi connectivity index (χ4n) is 3.47. The molecule has 1 saturated heterocycles. The number of aliphatic imine (C=N–C) groups is 1. The Morgan fingerprint density at radius 1 is 1.46 bits per heavy atom. The SMILES string of the molecule is CCCN(Cc1ncco1)C(=O)C1=Cc2sc(CC3CNC3)cc2N=C(N)C1. The van der Waals surface area contributed by atoms with Crippen LogP contribution >= 0.6 is 11.3 Å².